The second kappa shape index (κ2) is 11.0. The van der Waals surface area contributed by atoms with Crippen LogP contribution in [0.3, 0.4) is 0 Å². The van der Waals surface area contributed by atoms with Crippen LogP contribution in [0, 0.1) is 13.8 Å². The van der Waals surface area contributed by atoms with Crippen LogP contribution in [0.5, 0.6) is 5.75 Å². The number of amides is 1. The Hall–Kier alpha value is -3.53. The molecule has 1 amide bonds. The standard InChI is InChI=1S/C26H27F3N2O4S/c1-18-7-11-23(12-8-18)35-17-20(3)30-25(32)16-31(22-6-4-5-21(15-22)26(27,28)29)36(33,34)24-13-9-19(2)10-14-24/h4-15,20H,16-17H2,1-3H3,(H,30,32). The highest BCUT2D eigenvalue weighted by molar-refractivity contribution is 7.92. The van der Waals surface area contributed by atoms with Gasteiger partial charge in [-0.25, -0.2) is 8.42 Å². The van der Waals surface area contributed by atoms with Gasteiger partial charge in [-0.15, -0.1) is 0 Å². The summed E-state index contributed by atoms with van der Waals surface area (Å²) < 4.78 is 73.1. The van der Waals surface area contributed by atoms with Crippen molar-refractivity contribution in [2.75, 3.05) is 17.5 Å². The Bertz CT molecular complexity index is 1290. The van der Waals surface area contributed by atoms with Gasteiger partial charge >= 0.3 is 6.18 Å². The van der Waals surface area contributed by atoms with E-state index >= 15 is 0 Å². The molecule has 0 spiro atoms. The van der Waals surface area contributed by atoms with Crippen LogP contribution in [-0.4, -0.2) is 33.5 Å². The lowest BCUT2D eigenvalue weighted by Gasteiger charge is -2.26. The second-order valence-corrected chi connectivity index (χ2v) is 10.3. The predicted molar refractivity (Wildman–Crippen MR) is 131 cm³/mol. The Morgan fingerprint density at radius 1 is 0.972 bits per heavy atom. The maximum absolute atomic E-state index is 13.4. The normalized spacial score (nSPS) is 12.6. The summed E-state index contributed by atoms with van der Waals surface area (Å²) in [6, 6.07) is 16.5. The number of nitrogens with one attached hydrogen (secondary N) is 1. The van der Waals surface area contributed by atoms with Crippen LogP contribution in [0.25, 0.3) is 0 Å². The number of alkyl halides is 3. The van der Waals surface area contributed by atoms with E-state index in [0.717, 1.165) is 23.3 Å². The molecule has 3 aromatic rings. The molecule has 3 rings (SSSR count). The largest absolute Gasteiger partial charge is 0.491 e. The van der Waals surface area contributed by atoms with Crippen LogP contribution in [0.4, 0.5) is 18.9 Å². The van der Waals surface area contributed by atoms with Gasteiger partial charge in [0.25, 0.3) is 10.0 Å². The van der Waals surface area contributed by atoms with E-state index in [4.69, 9.17) is 4.74 Å². The van der Waals surface area contributed by atoms with E-state index in [0.29, 0.717) is 16.1 Å². The van der Waals surface area contributed by atoms with Crippen molar-refractivity contribution in [3.8, 4) is 5.75 Å². The first-order valence-electron chi connectivity index (χ1n) is 11.1. The van der Waals surface area contributed by atoms with Crippen molar-refractivity contribution < 1.29 is 31.1 Å². The van der Waals surface area contributed by atoms with Gasteiger partial charge in [0.05, 0.1) is 22.2 Å². The molecular weight excluding hydrogens is 493 g/mol. The zero-order valence-electron chi connectivity index (χ0n) is 20.0. The minimum Gasteiger partial charge on any atom is -0.491 e. The number of hydrogen-bond donors (Lipinski definition) is 1. The number of sulfonamides is 1. The summed E-state index contributed by atoms with van der Waals surface area (Å²) in [7, 11) is -4.35. The van der Waals surface area contributed by atoms with Crippen LogP contribution in [0.2, 0.25) is 0 Å². The number of halogens is 3. The van der Waals surface area contributed by atoms with Crippen molar-refractivity contribution >= 4 is 21.6 Å². The molecule has 0 aliphatic heterocycles. The molecule has 0 aromatic heterocycles. The monoisotopic (exact) mass is 520 g/mol. The molecule has 1 atom stereocenters. The molecule has 0 bridgehead atoms. The van der Waals surface area contributed by atoms with Crippen LogP contribution in [0.15, 0.2) is 77.7 Å². The molecule has 0 fully saturated rings. The zero-order valence-corrected chi connectivity index (χ0v) is 20.9. The van der Waals surface area contributed by atoms with Crippen molar-refractivity contribution in [1.82, 2.24) is 5.32 Å². The molecule has 1 N–H and O–H groups in total. The Balaban J connectivity index is 1.82. The van der Waals surface area contributed by atoms with Gasteiger partial charge in [0.15, 0.2) is 0 Å². The lowest BCUT2D eigenvalue weighted by molar-refractivity contribution is -0.137. The maximum Gasteiger partial charge on any atom is 0.416 e. The van der Waals surface area contributed by atoms with Gasteiger partial charge < -0.3 is 10.1 Å². The van der Waals surface area contributed by atoms with Crippen molar-refractivity contribution in [2.24, 2.45) is 0 Å². The molecule has 10 heteroatoms. The smallest absolute Gasteiger partial charge is 0.416 e. The number of ether oxygens (including phenoxy) is 1. The number of rotatable bonds is 9. The fraction of sp³-hybridized carbons (Fsp3) is 0.269. The van der Waals surface area contributed by atoms with Gasteiger partial charge in [-0.2, -0.15) is 13.2 Å². The summed E-state index contributed by atoms with van der Waals surface area (Å²) >= 11 is 0. The first-order valence-corrected chi connectivity index (χ1v) is 12.6. The lowest BCUT2D eigenvalue weighted by Crippen LogP contribution is -2.45. The van der Waals surface area contributed by atoms with Crippen LogP contribution >= 0.6 is 0 Å². The number of anilines is 1. The van der Waals surface area contributed by atoms with Crippen LogP contribution in [0.1, 0.15) is 23.6 Å². The summed E-state index contributed by atoms with van der Waals surface area (Å²) in [5.74, 6) is -0.0858. The van der Waals surface area contributed by atoms with Gasteiger partial charge in [-0.1, -0.05) is 41.5 Å². The topological polar surface area (TPSA) is 75.7 Å². The van der Waals surface area contributed by atoms with E-state index in [2.05, 4.69) is 5.32 Å². The molecule has 0 radical (unpaired) electrons. The van der Waals surface area contributed by atoms with E-state index in [-0.39, 0.29) is 17.2 Å². The highest BCUT2D eigenvalue weighted by atomic mass is 32.2. The Morgan fingerprint density at radius 3 is 2.14 bits per heavy atom. The van der Waals surface area contributed by atoms with Gasteiger partial charge in [-0.3, -0.25) is 9.10 Å². The molecule has 192 valence electrons. The minimum absolute atomic E-state index is 0.114. The Kier molecular flexibility index (Phi) is 8.29. The zero-order chi connectivity index (χ0) is 26.5. The van der Waals surface area contributed by atoms with E-state index in [1.807, 2.05) is 19.1 Å². The molecule has 0 saturated carbocycles. The van der Waals surface area contributed by atoms with Crippen molar-refractivity contribution in [3.63, 3.8) is 0 Å². The first kappa shape index (κ1) is 27.1. The molecule has 6 nitrogen and oxygen atoms in total. The van der Waals surface area contributed by atoms with Gasteiger partial charge in [0.2, 0.25) is 5.91 Å². The number of aryl methyl sites for hydroxylation is 2. The van der Waals surface area contributed by atoms with Gasteiger partial charge in [0.1, 0.15) is 18.9 Å². The fourth-order valence-electron chi connectivity index (χ4n) is 3.34. The quantitative estimate of drug-likeness (QED) is 0.426. The average molecular weight is 521 g/mol. The predicted octanol–water partition coefficient (Wildman–Crippen LogP) is 5.10. The third-order valence-electron chi connectivity index (χ3n) is 5.29. The number of nitrogens with zero attached hydrogens (tertiary/aromatic N) is 1. The molecule has 3 aromatic carbocycles. The molecule has 0 aliphatic rings. The molecule has 36 heavy (non-hydrogen) atoms. The number of hydrogen-bond acceptors (Lipinski definition) is 4. The minimum atomic E-state index is -4.68. The summed E-state index contributed by atoms with van der Waals surface area (Å²) in [6.07, 6.45) is -4.68. The number of carbonyl (C=O) groups is 1. The number of carbonyl (C=O) groups excluding carboxylic acids is 1. The molecule has 1 unspecified atom stereocenters. The SMILES string of the molecule is Cc1ccc(OCC(C)NC(=O)CN(c2cccc(C(F)(F)F)c2)S(=O)(=O)c2ccc(C)cc2)cc1. The highest BCUT2D eigenvalue weighted by Crippen LogP contribution is 2.33. The first-order chi connectivity index (χ1) is 16.9. The third-order valence-corrected chi connectivity index (χ3v) is 7.07. The summed E-state index contributed by atoms with van der Waals surface area (Å²) in [4.78, 5) is 12.7. The van der Waals surface area contributed by atoms with E-state index in [9.17, 15) is 26.4 Å². The Morgan fingerprint density at radius 2 is 1.56 bits per heavy atom. The van der Waals surface area contributed by atoms with Crippen molar-refractivity contribution in [2.45, 2.75) is 37.9 Å². The van der Waals surface area contributed by atoms with Crippen molar-refractivity contribution in [1.29, 1.82) is 0 Å². The Labute approximate surface area is 208 Å². The van der Waals surface area contributed by atoms with Gasteiger partial charge in [-0.05, 0) is 63.2 Å². The van der Waals surface area contributed by atoms with Crippen molar-refractivity contribution in [3.05, 3.63) is 89.5 Å². The fourth-order valence-corrected chi connectivity index (χ4v) is 4.75. The molecule has 0 aliphatic carbocycles. The van der Waals surface area contributed by atoms with Gasteiger partial charge in [0, 0.05) is 0 Å². The summed E-state index contributed by atoms with van der Waals surface area (Å²) in [6.45, 7) is 4.78. The van der Waals surface area contributed by atoms with Crippen LogP contribution < -0.4 is 14.4 Å². The second-order valence-electron chi connectivity index (χ2n) is 8.47. The van der Waals surface area contributed by atoms with E-state index in [1.165, 1.54) is 18.2 Å². The highest BCUT2D eigenvalue weighted by Gasteiger charge is 2.33. The lowest BCUT2D eigenvalue weighted by atomic mass is 10.2. The average Bonchev–Trinajstić information content (AvgIpc) is 2.82. The molecular formula is C26H27F3N2O4S. The summed E-state index contributed by atoms with van der Waals surface area (Å²) in [5.41, 5.74) is 0.571. The van der Waals surface area contributed by atoms with Crippen LogP contribution in [-0.2, 0) is 21.0 Å². The summed E-state index contributed by atoms with van der Waals surface area (Å²) in [5, 5.41) is 2.65. The maximum atomic E-state index is 13.4. The van der Waals surface area contributed by atoms with E-state index < -0.39 is 40.3 Å². The van der Waals surface area contributed by atoms with E-state index in [1.54, 1.807) is 38.1 Å². The molecule has 0 saturated heterocycles. The number of benzene rings is 3. The third kappa shape index (κ3) is 7.00. The molecule has 0 heterocycles.